The zero-order valence-electron chi connectivity index (χ0n) is 12.9. The molecule has 4 nitrogen and oxygen atoms in total. The number of hydrogen-bond acceptors (Lipinski definition) is 3. The first-order chi connectivity index (χ1) is 9.81. The topological polar surface area (TPSA) is 63.0 Å². The molecular formula is C16H24N4S. The summed E-state index contributed by atoms with van der Waals surface area (Å²) in [4.78, 5) is 4.07. The van der Waals surface area contributed by atoms with Crippen molar-refractivity contribution in [1.82, 2.24) is 10.3 Å². The van der Waals surface area contributed by atoms with Gasteiger partial charge in [-0.05, 0) is 60.4 Å². The highest BCUT2D eigenvalue weighted by Gasteiger charge is 2.59. The van der Waals surface area contributed by atoms with E-state index < -0.39 is 0 Å². The molecule has 21 heavy (non-hydrogen) atoms. The highest BCUT2D eigenvalue weighted by atomic mass is 32.1. The molecule has 2 fully saturated rings. The highest BCUT2D eigenvalue weighted by Crippen LogP contribution is 2.62. The van der Waals surface area contributed by atoms with Crippen molar-refractivity contribution in [3.05, 3.63) is 18.3 Å². The molecule has 0 spiro atoms. The maximum atomic E-state index is 5.60. The summed E-state index contributed by atoms with van der Waals surface area (Å²) in [7, 11) is 0. The number of hydrogen-bond donors (Lipinski definition) is 3. The SMILES string of the molecule is CC1(C)C(NC(=S)Nc2ccc(N)nc2)[C@]2(C)CC[C@H]1C2. The zero-order chi connectivity index (χ0) is 15.3. The third-order valence-electron chi connectivity index (χ3n) is 5.59. The second-order valence-electron chi connectivity index (χ2n) is 7.42. The predicted octanol–water partition coefficient (Wildman–Crippen LogP) is 3.17. The Hall–Kier alpha value is -1.36. The van der Waals surface area contributed by atoms with Gasteiger partial charge in [0.15, 0.2) is 5.11 Å². The molecule has 1 aromatic rings. The number of fused-ring (bicyclic) bond motifs is 2. The van der Waals surface area contributed by atoms with Gasteiger partial charge in [-0.3, -0.25) is 0 Å². The molecule has 4 N–H and O–H groups in total. The summed E-state index contributed by atoms with van der Waals surface area (Å²) in [5.74, 6) is 1.32. The first-order valence-corrected chi connectivity index (χ1v) is 8.01. The van der Waals surface area contributed by atoms with Gasteiger partial charge in [-0.25, -0.2) is 4.98 Å². The molecular weight excluding hydrogens is 280 g/mol. The summed E-state index contributed by atoms with van der Waals surface area (Å²) in [6.07, 6.45) is 5.66. The molecule has 0 aliphatic heterocycles. The second-order valence-corrected chi connectivity index (χ2v) is 7.83. The van der Waals surface area contributed by atoms with Crippen LogP contribution in [0.5, 0.6) is 0 Å². The van der Waals surface area contributed by atoms with Crippen LogP contribution in [0, 0.1) is 16.7 Å². The van der Waals surface area contributed by atoms with E-state index in [1.807, 2.05) is 6.07 Å². The minimum Gasteiger partial charge on any atom is -0.384 e. The molecule has 2 aliphatic rings. The molecule has 1 unspecified atom stereocenters. The van der Waals surface area contributed by atoms with Crippen LogP contribution in [-0.2, 0) is 0 Å². The van der Waals surface area contributed by atoms with Gasteiger partial charge >= 0.3 is 0 Å². The van der Waals surface area contributed by atoms with E-state index >= 15 is 0 Å². The fourth-order valence-corrected chi connectivity index (χ4v) is 4.68. The maximum Gasteiger partial charge on any atom is 0.171 e. The Morgan fingerprint density at radius 2 is 2.14 bits per heavy atom. The van der Waals surface area contributed by atoms with Gasteiger partial charge in [-0.1, -0.05) is 20.8 Å². The van der Waals surface area contributed by atoms with E-state index in [4.69, 9.17) is 18.0 Å². The molecule has 3 rings (SSSR count). The summed E-state index contributed by atoms with van der Waals surface area (Å²) < 4.78 is 0. The van der Waals surface area contributed by atoms with E-state index in [0.717, 1.165) is 11.6 Å². The Morgan fingerprint density at radius 3 is 2.71 bits per heavy atom. The van der Waals surface area contributed by atoms with Crippen molar-refractivity contribution in [2.24, 2.45) is 16.7 Å². The van der Waals surface area contributed by atoms with Crippen molar-refractivity contribution in [3.63, 3.8) is 0 Å². The van der Waals surface area contributed by atoms with Crippen molar-refractivity contribution in [1.29, 1.82) is 0 Å². The summed E-state index contributed by atoms with van der Waals surface area (Å²) >= 11 is 5.49. The Labute approximate surface area is 131 Å². The van der Waals surface area contributed by atoms with Gasteiger partial charge < -0.3 is 16.4 Å². The number of pyridine rings is 1. The Kier molecular flexibility index (Phi) is 3.35. The largest absolute Gasteiger partial charge is 0.384 e. The summed E-state index contributed by atoms with van der Waals surface area (Å²) in [6, 6.07) is 4.09. The van der Waals surface area contributed by atoms with Crippen molar-refractivity contribution in [2.45, 2.75) is 46.1 Å². The normalized spacial score (nSPS) is 32.9. The number of aromatic nitrogens is 1. The van der Waals surface area contributed by atoms with Gasteiger partial charge in [0.1, 0.15) is 5.82 Å². The first-order valence-electron chi connectivity index (χ1n) is 7.60. The summed E-state index contributed by atoms with van der Waals surface area (Å²) in [6.45, 7) is 7.13. The number of nitrogen functional groups attached to an aromatic ring is 1. The number of rotatable bonds is 2. The van der Waals surface area contributed by atoms with Gasteiger partial charge in [0.25, 0.3) is 0 Å². The molecule has 2 saturated carbocycles. The maximum absolute atomic E-state index is 5.60. The van der Waals surface area contributed by atoms with Crippen LogP contribution in [0.2, 0.25) is 0 Å². The molecule has 1 aromatic heterocycles. The van der Waals surface area contributed by atoms with E-state index in [1.54, 1.807) is 12.3 Å². The van der Waals surface area contributed by atoms with Crippen LogP contribution in [0.1, 0.15) is 40.0 Å². The standard InChI is InChI=1S/C16H24N4S/c1-15(2)10-6-7-16(3,8-10)13(15)20-14(21)19-11-4-5-12(17)18-9-11/h4-5,9-10,13H,6-8H2,1-3H3,(H2,17,18)(H2,19,20,21)/t10-,13?,16+/m0/s1. The number of nitrogens with one attached hydrogen (secondary N) is 2. The molecule has 5 heteroatoms. The van der Waals surface area contributed by atoms with Crippen molar-refractivity contribution < 1.29 is 0 Å². The second kappa shape index (κ2) is 4.83. The Bertz CT molecular complexity index is 549. The fraction of sp³-hybridized carbons (Fsp3) is 0.625. The molecule has 3 atom stereocenters. The molecule has 0 radical (unpaired) electrons. The number of anilines is 2. The first kappa shape index (κ1) is 14.6. The van der Waals surface area contributed by atoms with Crippen molar-refractivity contribution in [2.75, 3.05) is 11.1 Å². The minimum atomic E-state index is 0.290. The minimum absolute atomic E-state index is 0.290. The average molecular weight is 304 g/mol. The quantitative estimate of drug-likeness (QED) is 0.733. The van der Waals surface area contributed by atoms with Crippen LogP contribution in [0.15, 0.2) is 18.3 Å². The predicted molar refractivity (Wildman–Crippen MR) is 91.0 cm³/mol. The zero-order valence-corrected chi connectivity index (χ0v) is 13.8. The van der Waals surface area contributed by atoms with E-state index in [2.05, 4.69) is 36.4 Å². The lowest BCUT2D eigenvalue weighted by Gasteiger charge is -2.43. The van der Waals surface area contributed by atoms with Gasteiger partial charge in [0.05, 0.1) is 11.9 Å². The van der Waals surface area contributed by atoms with Gasteiger partial charge in [0.2, 0.25) is 0 Å². The van der Waals surface area contributed by atoms with E-state index in [1.165, 1.54) is 19.3 Å². The van der Waals surface area contributed by atoms with E-state index in [-0.39, 0.29) is 5.41 Å². The molecule has 0 aromatic carbocycles. The number of nitrogens with zero attached hydrogens (tertiary/aromatic N) is 1. The fourth-order valence-electron chi connectivity index (χ4n) is 4.44. The van der Waals surface area contributed by atoms with Crippen LogP contribution in [-0.4, -0.2) is 16.1 Å². The molecule has 114 valence electrons. The van der Waals surface area contributed by atoms with Crippen molar-refractivity contribution >= 4 is 28.8 Å². The van der Waals surface area contributed by atoms with Crippen LogP contribution >= 0.6 is 12.2 Å². The van der Waals surface area contributed by atoms with Crippen LogP contribution in [0.25, 0.3) is 0 Å². The van der Waals surface area contributed by atoms with Gasteiger partial charge in [-0.2, -0.15) is 0 Å². The lowest BCUT2D eigenvalue weighted by atomic mass is 9.68. The molecule has 0 saturated heterocycles. The van der Waals surface area contributed by atoms with E-state index in [0.29, 0.717) is 22.4 Å². The van der Waals surface area contributed by atoms with E-state index in [9.17, 15) is 0 Å². The van der Waals surface area contributed by atoms with Crippen molar-refractivity contribution in [3.8, 4) is 0 Å². The van der Waals surface area contributed by atoms with Crippen LogP contribution < -0.4 is 16.4 Å². The third-order valence-corrected chi connectivity index (χ3v) is 5.81. The van der Waals surface area contributed by atoms with Gasteiger partial charge in [-0.15, -0.1) is 0 Å². The number of nitrogens with two attached hydrogens (primary N) is 1. The lowest BCUT2D eigenvalue weighted by Crippen LogP contribution is -2.53. The highest BCUT2D eigenvalue weighted by molar-refractivity contribution is 7.80. The summed E-state index contributed by atoms with van der Waals surface area (Å²) in [5.41, 5.74) is 7.11. The van der Waals surface area contributed by atoms with Crippen LogP contribution in [0.4, 0.5) is 11.5 Å². The monoisotopic (exact) mass is 304 g/mol. The third kappa shape index (κ3) is 2.48. The number of thiocarbonyl (C=S) groups is 1. The molecule has 2 bridgehead atoms. The molecule has 2 aliphatic carbocycles. The smallest absolute Gasteiger partial charge is 0.171 e. The van der Waals surface area contributed by atoms with Crippen LogP contribution in [0.3, 0.4) is 0 Å². The Balaban J connectivity index is 1.69. The Morgan fingerprint density at radius 1 is 1.38 bits per heavy atom. The average Bonchev–Trinajstić information content (AvgIpc) is 2.89. The summed E-state index contributed by atoms with van der Waals surface area (Å²) in [5, 5.41) is 7.45. The molecule has 1 heterocycles. The van der Waals surface area contributed by atoms with Gasteiger partial charge in [0, 0.05) is 6.04 Å². The lowest BCUT2D eigenvalue weighted by molar-refractivity contribution is 0.126. The molecule has 0 amide bonds.